The van der Waals surface area contributed by atoms with E-state index in [1.54, 1.807) is 0 Å². The fraction of sp³-hybridized carbons (Fsp3) is 0.647. The van der Waals surface area contributed by atoms with Gasteiger partial charge >= 0.3 is 0 Å². The summed E-state index contributed by atoms with van der Waals surface area (Å²) in [6, 6.07) is 0.176. The molecule has 3 rings (SSSR count). The van der Waals surface area contributed by atoms with Gasteiger partial charge in [-0.05, 0) is 25.2 Å². The van der Waals surface area contributed by atoms with Crippen molar-refractivity contribution in [3.05, 3.63) is 12.0 Å². The molecule has 27 heavy (non-hydrogen) atoms. The fourth-order valence-corrected chi connectivity index (χ4v) is 3.46. The van der Waals surface area contributed by atoms with Gasteiger partial charge in [-0.2, -0.15) is 4.98 Å². The molecule has 9 nitrogen and oxygen atoms in total. The number of hydrogen-bond acceptors (Lipinski definition) is 7. The number of nitrogens with zero attached hydrogens (tertiary/aromatic N) is 4. The molecule has 2 amide bonds. The van der Waals surface area contributed by atoms with E-state index < -0.39 is 17.6 Å². The molecule has 0 aliphatic heterocycles. The fourth-order valence-electron chi connectivity index (χ4n) is 3.46. The zero-order chi connectivity index (χ0) is 19.4. The maximum absolute atomic E-state index is 13.9. The number of hydrogen-bond donors (Lipinski definition) is 3. The number of anilines is 2. The Balaban J connectivity index is 1.73. The van der Waals surface area contributed by atoms with Gasteiger partial charge in [-0.3, -0.25) is 14.8 Å². The quantitative estimate of drug-likeness (QED) is 0.195. The molecule has 0 unspecified atom stereocenters. The van der Waals surface area contributed by atoms with Crippen LogP contribution in [0.2, 0.25) is 0 Å². The Labute approximate surface area is 156 Å². The standard InChI is InChI=1S/C17H25FN6O3/c18-14-8-20-17(22-15(14)21-13-5-6-13)24(19)16(26)12(9-23(27)10-25)7-11-3-1-2-4-11/h8,10-13,27H,1-7,9,19H2,(H,20,21,22)/t12-/m1/s1. The van der Waals surface area contributed by atoms with Crippen molar-refractivity contribution in [3.8, 4) is 0 Å². The highest BCUT2D eigenvalue weighted by atomic mass is 19.1. The number of aromatic nitrogens is 2. The Bertz CT molecular complexity index is 681. The first-order valence-electron chi connectivity index (χ1n) is 9.26. The lowest BCUT2D eigenvalue weighted by atomic mass is 9.92. The molecule has 1 atom stereocenters. The van der Waals surface area contributed by atoms with E-state index in [1.165, 1.54) is 0 Å². The van der Waals surface area contributed by atoms with E-state index in [4.69, 9.17) is 5.84 Å². The summed E-state index contributed by atoms with van der Waals surface area (Å²) in [6.07, 6.45) is 7.81. The SMILES string of the molecule is NN(C(=O)[C@H](CC1CCCC1)CN(O)C=O)c1ncc(F)c(NC2CC2)n1. The number of rotatable bonds is 9. The van der Waals surface area contributed by atoms with E-state index >= 15 is 0 Å². The highest BCUT2D eigenvalue weighted by molar-refractivity contribution is 5.92. The van der Waals surface area contributed by atoms with Gasteiger partial charge in [-0.1, -0.05) is 25.7 Å². The molecule has 148 valence electrons. The van der Waals surface area contributed by atoms with Gasteiger partial charge in [-0.15, -0.1) is 0 Å². The van der Waals surface area contributed by atoms with Gasteiger partial charge in [0.05, 0.1) is 18.7 Å². The van der Waals surface area contributed by atoms with Gasteiger partial charge in [0.2, 0.25) is 18.3 Å². The zero-order valence-electron chi connectivity index (χ0n) is 15.1. The molecule has 0 aromatic carbocycles. The lowest BCUT2D eigenvalue weighted by Crippen LogP contribution is -2.46. The number of hydroxylamine groups is 2. The average molecular weight is 380 g/mol. The normalized spacial score (nSPS) is 18.2. The molecular formula is C17H25FN6O3. The van der Waals surface area contributed by atoms with E-state index in [0.29, 0.717) is 17.4 Å². The second-order valence-electron chi connectivity index (χ2n) is 7.30. The molecule has 1 aromatic rings. The van der Waals surface area contributed by atoms with Crippen molar-refractivity contribution in [3.63, 3.8) is 0 Å². The average Bonchev–Trinajstić information content (AvgIpc) is 3.34. The van der Waals surface area contributed by atoms with Crippen LogP contribution in [0.5, 0.6) is 0 Å². The third-order valence-corrected chi connectivity index (χ3v) is 5.07. The van der Waals surface area contributed by atoms with Gasteiger partial charge in [0.1, 0.15) is 0 Å². The van der Waals surface area contributed by atoms with Crippen LogP contribution in [-0.4, -0.2) is 45.1 Å². The molecule has 2 saturated carbocycles. The Morgan fingerprint density at radius 1 is 1.41 bits per heavy atom. The maximum atomic E-state index is 13.9. The summed E-state index contributed by atoms with van der Waals surface area (Å²) in [5.41, 5.74) is 0. The first kappa shape index (κ1) is 19.4. The molecule has 4 N–H and O–H groups in total. The lowest BCUT2D eigenvalue weighted by Gasteiger charge is -2.25. The Morgan fingerprint density at radius 2 is 2.11 bits per heavy atom. The van der Waals surface area contributed by atoms with E-state index in [1.807, 2.05) is 0 Å². The van der Waals surface area contributed by atoms with Gasteiger partial charge in [-0.25, -0.2) is 25.3 Å². The van der Waals surface area contributed by atoms with Crippen molar-refractivity contribution < 1.29 is 19.2 Å². The first-order valence-corrected chi connectivity index (χ1v) is 9.26. The number of nitrogens with two attached hydrogens (primary N) is 1. The molecule has 2 aliphatic rings. The summed E-state index contributed by atoms with van der Waals surface area (Å²) in [7, 11) is 0. The molecule has 0 bridgehead atoms. The zero-order valence-corrected chi connectivity index (χ0v) is 15.1. The van der Waals surface area contributed by atoms with Gasteiger partial charge in [0, 0.05) is 6.04 Å². The number of halogens is 1. The molecule has 0 radical (unpaired) electrons. The van der Waals surface area contributed by atoms with Crippen LogP contribution in [0.1, 0.15) is 44.9 Å². The predicted octanol–water partition coefficient (Wildman–Crippen LogP) is 1.44. The topological polar surface area (TPSA) is 125 Å². The van der Waals surface area contributed by atoms with E-state index in [9.17, 15) is 19.2 Å². The van der Waals surface area contributed by atoms with Crippen molar-refractivity contribution in [2.24, 2.45) is 17.7 Å². The van der Waals surface area contributed by atoms with Crippen molar-refractivity contribution in [2.45, 2.75) is 51.0 Å². The highest BCUT2D eigenvalue weighted by Crippen LogP contribution is 2.31. The van der Waals surface area contributed by atoms with E-state index in [-0.39, 0.29) is 30.8 Å². The number of nitrogens with one attached hydrogen (secondary N) is 1. The van der Waals surface area contributed by atoms with Gasteiger partial charge in [0.15, 0.2) is 11.6 Å². The van der Waals surface area contributed by atoms with Crippen LogP contribution in [0.3, 0.4) is 0 Å². The molecule has 0 spiro atoms. The van der Waals surface area contributed by atoms with Crippen LogP contribution in [0.4, 0.5) is 16.2 Å². The molecular weight excluding hydrogens is 355 g/mol. The van der Waals surface area contributed by atoms with Crippen LogP contribution in [-0.2, 0) is 9.59 Å². The van der Waals surface area contributed by atoms with Crippen molar-refractivity contribution in [1.82, 2.24) is 15.0 Å². The molecule has 10 heteroatoms. The maximum Gasteiger partial charge on any atom is 0.249 e. The third-order valence-electron chi connectivity index (χ3n) is 5.07. The molecule has 1 heterocycles. The number of hydrazine groups is 1. The van der Waals surface area contributed by atoms with Crippen LogP contribution in [0, 0.1) is 17.7 Å². The summed E-state index contributed by atoms with van der Waals surface area (Å²) in [5, 5.41) is 13.7. The molecule has 0 saturated heterocycles. The van der Waals surface area contributed by atoms with Crippen molar-refractivity contribution >= 4 is 24.1 Å². The van der Waals surface area contributed by atoms with Gasteiger partial charge in [0.25, 0.3) is 0 Å². The minimum absolute atomic E-state index is 0.00905. The number of carbonyl (C=O) groups excluding carboxylic acids is 2. The predicted molar refractivity (Wildman–Crippen MR) is 94.9 cm³/mol. The summed E-state index contributed by atoms with van der Waals surface area (Å²) in [6.45, 7) is -0.166. The van der Waals surface area contributed by atoms with Crippen LogP contribution < -0.4 is 16.2 Å². The summed E-state index contributed by atoms with van der Waals surface area (Å²) < 4.78 is 13.9. The van der Waals surface area contributed by atoms with Crippen LogP contribution >= 0.6 is 0 Å². The minimum Gasteiger partial charge on any atom is -0.365 e. The molecule has 2 aliphatic carbocycles. The number of carbonyl (C=O) groups is 2. The van der Waals surface area contributed by atoms with Crippen molar-refractivity contribution in [2.75, 3.05) is 16.9 Å². The second-order valence-corrected chi connectivity index (χ2v) is 7.30. The van der Waals surface area contributed by atoms with E-state index in [2.05, 4.69) is 15.3 Å². The summed E-state index contributed by atoms with van der Waals surface area (Å²) in [5.74, 6) is 4.31. The van der Waals surface area contributed by atoms with Crippen LogP contribution in [0.25, 0.3) is 0 Å². The molecule has 1 aromatic heterocycles. The molecule has 2 fully saturated rings. The Hall–Kier alpha value is -2.33. The second kappa shape index (κ2) is 8.57. The smallest absolute Gasteiger partial charge is 0.249 e. The highest BCUT2D eigenvalue weighted by Gasteiger charge is 2.31. The van der Waals surface area contributed by atoms with E-state index in [0.717, 1.165) is 49.7 Å². The first-order chi connectivity index (χ1) is 13.0. The minimum atomic E-state index is -0.693. The Morgan fingerprint density at radius 3 is 2.74 bits per heavy atom. The van der Waals surface area contributed by atoms with Gasteiger partial charge < -0.3 is 5.32 Å². The monoisotopic (exact) mass is 380 g/mol. The Kier molecular flexibility index (Phi) is 6.17. The summed E-state index contributed by atoms with van der Waals surface area (Å²) >= 11 is 0. The number of amides is 2. The largest absolute Gasteiger partial charge is 0.365 e. The van der Waals surface area contributed by atoms with Crippen molar-refractivity contribution in [1.29, 1.82) is 0 Å². The lowest BCUT2D eigenvalue weighted by molar-refractivity contribution is -0.154. The van der Waals surface area contributed by atoms with Crippen LogP contribution in [0.15, 0.2) is 6.20 Å². The third kappa shape index (κ3) is 5.10. The summed E-state index contributed by atoms with van der Waals surface area (Å²) in [4.78, 5) is 31.5.